The van der Waals surface area contributed by atoms with Gasteiger partial charge >= 0.3 is 0 Å². The number of halogens is 1. The summed E-state index contributed by atoms with van der Waals surface area (Å²) < 4.78 is 24.9. The summed E-state index contributed by atoms with van der Waals surface area (Å²) in [6.45, 7) is 4.74. The van der Waals surface area contributed by atoms with Gasteiger partial charge in [0.2, 0.25) is 0 Å². The molecule has 1 aliphatic rings. The number of carbonyl (C=O) groups excluding carboxylic acids is 2. The Balaban J connectivity index is 2.20. The van der Waals surface area contributed by atoms with Crippen molar-refractivity contribution in [1.82, 2.24) is 4.90 Å². The Hall–Kier alpha value is -3.35. The van der Waals surface area contributed by atoms with Gasteiger partial charge in [-0.25, -0.2) is 4.39 Å². The zero-order valence-electron chi connectivity index (χ0n) is 17.9. The molecule has 0 radical (unpaired) electrons. The number of aliphatic hydroxyl groups is 1. The van der Waals surface area contributed by atoms with Gasteiger partial charge in [0.25, 0.3) is 11.7 Å². The van der Waals surface area contributed by atoms with Gasteiger partial charge in [-0.3, -0.25) is 9.59 Å². The topological polar surface area (TPSA) is 76.1 Å². The molecule has 0 saturated carbocycles. The van der Waals surface area contributed by atoms with Gasteiger partial charge in [-0.1, -0.05) is 26.0 Å². The molecule has 7 heteroatoms. The second-order valence-electron chi connectivity index (χ2n) is 7.26. The third-order valence-corrected chi connectivity index (χ3v) is 5.07. The van der Waals surface area contributed by atoms with Crippen molar-refractivity contribution in [3.8, 4) is 11.5 Å². The summed E-state index contributed by atoms with van der Waals surface area (Å²) in [6, 6.07) is 9.91. The number of hydrogen-bond acceptors (Lipinski definition) is 5. The molecule has 1 fully saturated rings. The van der Waals surface area contributed by atoms with Crippen LogP contribution in [0, 0.1) is 5.82 Å². The molecule has 1 saturated heterocycles. The number of likely N-dealkylation sites (tertiary alicyclic amines) is 1. The minimum Gasteiger partial charge on any atom is -0.507 e. The normalized spacial score (nSPS) is 17.8. The van der Waals surface area contributed by atoms with E-state index < -0.39 is 29.3 Å². The molecular weight excluding hydrogens is 401 g/mol. The minimum atomic E-state index is -0.821. The molecule has 1 unspecified atom stereocenters. The van der Waals surface area contributed by atoms with Crippen LogP contribution in [-0.4, -0.2) is 42.0 Å². The lowest BCUT2D eigenvalue weighted by molar-refractivity contribution is -0.139. The fraction of sp³-hybridized carbons (Fsp3) is 0.333. The number of carbonyl (C=O) groups is 2. The lowest BCUT2D eigenvalue weighted by Crippen LogP contribution is -2.30. The maximum atomic E-state index is 13.9. The van der Waals surface area contributed by atoms with Crippen molar-refractivity contribution in [1.29, 1.82) is 0 Å². The first-order valence-electron chi connectivity index (χ1n) is 10.3. The van der Waals surface area contributed by atoms with Crippen LogP contribution in [0.25, 0.3) is 5.76 Å². The third-order valence-electron chi connectivity index (χ3n) is 5.07. The Morgan fingerprint density at radius 3 is 2.58 bits per heavy atom. The summed E-state index contributed by atoms with van der Waals surface area (Å²) in [5.74, 6) is -1.80. The van der Waals surface area contributed by atoms with Crippen molar-refractivity contribution >= 4 is 17.4 Å². The van der Waals surface area contributed by atoms with E-state index in [2.05, 4.69) is 0 Å². The number of Topliss-reactive ketones (excluding diaryl/α,β-unsaturated/α-hetero) is 1. The highest BCUT2D eigenvalue weighted by Gasteiger charge is 2.46. The smallest absolute Gasteiger partial charge is 0.295 e. The first kappa shape index (κ1) is 22.3. The number of aliphatic hydroxyl groups excluding tert-OH is 1. The Bertz CT molecular complexity index is 1020. The lowest BCUT2D eigenvalue weighted by atomic mass is 9.94. The van der Waals surface area contributed by atoms with Crippen LogP contribution in [0.1, 0.15) is 43.9 Å². The summed E-state index contributed by atoms with van der Waals surface area (Å²) in [5.41, 5.74) is 0.536. The highest BCUT2D eigenvalue weighted by molar-refractivity contribution is 6.46. The van der Waals surface area contributed by atoms with E-state index in [1.165, 1.54) is 24.1 Å². The van der Waals surface area contributed by atoms with E-state index in [4.69, 9.17) is 9.47 Å². The van der Waals surface area contributed by atoms with E-state index in [-0.39, 0.29) is 16.9 Å². The molecule has 0 aromatic heterocycles. The van der Waals surface area contributed by atoms with Gasteiger partial charge in [0.05, 0.1) is 30.9 Å². The van der Waals surface area contributed by atoms with Gasteiger partial charge in [-0.15, -0.1) is 0 Å². The van der Waals surface area contributed by atoms with Crippen LogP contribution in [-0.2, 0) is 9.59 Å². The minimum absolute atomic E-state index is 0.0142. The average Bonchev–Trinajstić information content (AvgIpc) is 3.02. The Kier molecular flexibility index (Phi) is 6.95. The SMILES string of the molecule is CCCOc1cccc(C2/C(=C(\O)c3cc(F)ccc3OC)C(=O)C(=O)N2CCC)c1. The molecule has 0 bridgehead atoms. The molecule has 1 amide bonds. The molecule has 0 aliphatic carbocycles. The first-order valence-corrected chi connectivity index (χ1v) is 10.3. The number of hydrogen-bond donors (Lipinski definition) is 1. The maximum Gasteiger partial charge on any atom is 0.295 e. The van der Waals surface area contributed by atoms with E-state index in [0.29, 0.717) is 30.9 Å². The second-order valence-corrected chi connectivity index (χ2v) is 7.26. The standard InChI is InChI=1S/C24H26FNO5/c1-4-11-26-21(15-7-6-8-17(13-15)31-12-5-2)20(23(28)24(26)29)22(27)18-14-16(25)9-10-19(18)30-3/h6-10,13-14,21,27H,4-5,11-12H2,1-3H3/b22-20+. The predicted molar refractivity (Wildman–Crippen MR) is 114 cm³/mol. The lowest BCUT2D eigenvalue weighted by Gasteiger charge is -2.25. The Morgan fingerprint density at radius 1 is 1.13 bits per heavy atom. The molecule has 164 valence electrons. The Morgan fingerprint density at radius 2 is 1.90 bits per heavy atom. The summed E-state index contributed by atoms with van der Waals surface area (Å²) in [6.07, 6.45) is 1.46. The van der Waals surface area contributed by atoms with Crippen molar-refractivity contribution in [2.75, 3.05) is 20.3 Å². The molecular formula is C24H26FNO5. The number of nitrogens with zero attached hydrogens (tertiary/aromatic N) is 1. The maximum absolute atomic E-state index is 13.9. The molecule has 6 nitrogen and oxygen atoms in total. The van der Waals surface area contributed by atoms with Gasteiger partial charge in [-0.2, -0.15) is 0 Å². The van der Waals surface area contributed by atoms with Crippen molar-refractivity contribution in [2.45, 2.75) is 32.7 Å². The summed E-state index contributed by atoms with van der Waals surface area (Å²) in [7, 11) is 1.38. The summed E-state index contributed by atoms with van der Waals surface area (Å²) in [4.78, 5) is 27.2. The number of benzene rings is 2. The van der Waals surface area contributed by atoms with Crippen LogP contribution in [0.3, 0.4) is 0 Å². The molecule has 2 aromatic carbocycles. The van der Waals surface area contributed by atoms with E-state index in [0.717, 1.165) is 12.5 Å². The number of rotatable bonds is 8. The van der Waals surface area contributed by atoms with Crippen LogP contribution in [0.5, 0.6) is 11.5 Å². The first-order chi connectivity index (χ1) is 14.9. The second kappa shape index (κ2) is 9.64. The number of ketones is 1. The Labute approximate surface area is 180 Å². The largest absolute Gasteiger partial charge is 0.507 e. The number of amides is 1. The fourth-order valence-electron chi connectivity index (χ4n) is 3.70. The van der Waals surface area contributed by atoms with Gasteiger partial charge in [0.15, 0.2) is 0 Å². The van der Waals surface area contributed by atoms with Gasteiger partial charge in [0.1, 0.15) is 23.1 Å². The zero-order chi connectivity index (χ0) is 22.5. The molecule has 1 N–H and O–H groups in total. The average molecular weight is 427 g/mol. The van der Waals surface area contributed by atoms with Crippen molar-refractivity contribution in [3.05, 3.63) is 65.0 Å². The summed E-state index contributed by atoms with van der Waals surface area (Å²) >= 11 is 0. The molecule has 3 rings (SSSR count). The van der Waals surface area contributed by atoms with Crippen LogP contribution >= 0.6 is 0 Å². The van der Waals surface area contributed by atoms with E-state index in [1.807, 2.05) is 13.8 Å². The van der Waals surface area contributed by atoms with Crippen LogP contribution in [0.4, 0.5) is 4.39 Å². The number of ether oxygens (including phenoxy) is 2. The molecule has 1 heterocycles. The highest BCUT2D eigenvalue weighted by atomic mass is 19.1. The molecule has 0 spiro atoms. The number of methoxy groups -OCH3 is 1. The zero-order valence-corrected chi connectivity index (χ0v) is 17.9. The molecule has 1 aliphatic heterocycles. The highest BCUT2D eigenvalue weighted by Crippen LogP contribution is 2.41. The van der Waals surface area contributed by atoms with Gasteiger partial charge in [-0.05, 0) is 48.7 Å². The van der Waals surface area contributed by atoms with Crippen LogP contribution in [0.2, 0.25) is 0 Å². The van der Waals surface area contributed by atoms with Crippen molar-refractivity contribution < 1.29 is 28.6 Å². The molecule has 1 atom stereocenters. The van der Waals surface area contributed by atoms with Crippen LogP contribution in [0.15, 0.2) is 48.0 Å². The van der Waals surface area contributed by atoms with Crippen molar-refractivity contribution in [2.24, 2.45) is 0 Å². The van der Waals surface area contributed by atoms with E-state index >= 15 is 0 Å². The fourth-order valence-corrected chi connectivity index (χ4v) is 3.70. The molecule has 31 heavy (non-hydrogen) atoms. The predicted octanol–water partition coefficient (Wildman–Crippen LogP) is 4.45. The quantitative estimate of drug-likeness (QED) is 0.383. The monoisotopic (exact) mass is 427 g/mol. The van der Waals surface area contributed by atoms with E-state index in [1.54, 1.807) is 24.3 Å². The third kappa shape index (κ3) is 4.40. The summed E-state index contributed by atoms with van der Waals surface area (Å²) in [5, 5.41) is 11.1. The van der Waals surface area contributed by atoms with Gasteiger partial charge in [0, 0.05) is 6.54 Å². The molecule has 2 aromatic rings. The van der Waals surface area contributed by atoms with Crippen LogP contribution < -0.4 is 9.47 Å². The van der Waals surface area contributed by atoms with E-state index in [9.17, 15) is 19.1 Å². The van der Waals surface area contributed by atoms with Crippen molar-refractivity contribution in [3.63, 3.8) is 0 Å². The van der Waals surface area contributed by atoms with Gasteiger partial charge < -0.3 is 19.5 Å².